The number of ether oxygens (including phenoxy) is 1. The molecule has 78 valence electrons. The van der Waals surface area contributed by atoms with E-state index in [-0.39, 0.29) is 0 Å². The quantitative estimate of drug-likeness (QED) is 0.818. The van der Waals surface area contributed by atoms with Gasteiger partial charge in [0.2, 0.25) is 0 Å². The van der Waals surface area contributed by atoms with Crippen molar-refractivity contribution in [3.05, 3.63) is 28.2 Å². The fourth-order valence-corrected chi connectivity index (χ4v) is 2.21. The maximum absolute atomic E-state index is 8.94. The van der Waals surface area contributed by atoms with Gasteiger partial charge in [0, 0.05) is 4.47 Å². The Balaban J connectivity index is 2.18. The van der Waals surface area contributed by atoms with Crippen LogP contribution in [0.25, 0.3) is 0 Å². The average molecular weight is 266 g/mol. The van der Waals surface area contributed by atoms with Crippen LogP contribution >= 0.6 is 15.9 Å². The third-order valence-corrected chi connectivity index (χ3v) is 3.15. The molecule has 1 fully saturated rings. The van der Waals surface area contributed by atoms with E-state index in [4.69, 9.17) is 10.00 Å². The van der Waals surface area contributed by atoms with Crippen molar-refractivity contribution in [1.82, 2.24) is 0 Å². The van der Waals surface area contributed by atoms with Crippen LogP contribution in [0.1, 0.15) is 31.2 Å². The van der Waals surface area contributed by atoms with Gasteiger partial charge in [-0.1, -0.05) is 15.9 Å². The van der Waals surface area contributed by atoms with Gasteiger partial charge in [-0.3, -0.25) is 0 Å². The summed E-state index contributed by atoms with van der Waals surface area (Å²) < 4.78 is 6.78. The summed E-state index contributed by atoms with van der Waals surface area (Å²) in [7, 11) is 0. The maximum atomic E-state index is 8.94. The van der Waals surface area contributed by atoms with Crippen molar-refractivity contribution < 1.29 is 4.74 Å². The highest BCUT2D eigenvalue weighted by Crippen LogP contribution is 2.28. The number of benzene rings is 1. The lowest BCUT2D eigenvalue weighted by atomic mass is 10.2. The highest BCUT2D eigenvalue weighted by molar-refractivity contribution is 9.10. The monoisotopic (exact) mass is 265 g/mol. The molecule has 0 radical (unpaired) electrons. The molecule has 0 bridgehead atoms. The van der Waals surface area contributed by atoms with Crippen LogP contribution in [0.2, 0.25) is 0 Å². The first kappa shape index (κ1) is 10.5. The molecule has 2 rings (SSSR count). The highest BCUT2D eigenvalue weighted by atomic mass is 79.9. The van der Waals surface area contributed by atoms with Crippen LogP contribution in [0, 0.1) is 11.3 Å². The minimum absolute atomic E-state index is 0.298. The number of nitriles is 1. The number of nitrogens with zero attached hydrogens (tertiary/aromatic N) is 1. The SMILES string of the molecule is N#Cc1ccc(Br)cc1OC1CCCC1. The fraction of sp³-hybridized carbons (Fsp3) is 0.417. The Kier molecular flexibility index (Phi) is 3.27. The Hall–Kier alpha value is -1.01. The second-order valence-corrected chi connectivity index (χ2v) is 4.69. The summed E-state index contributed by atoms with van der Waals surface area (Å²) >= 11 is 3.39. The van der Waals surface area contributed by atoms with Crippen LogP contribution < -0.4 is 4.74 Å². The first-order chi connectivity index (χ1) is 7.29. The van der Waals surface area contributed by atoms with Crippen LogP contribution in [0.5, 0.6) is 5.75 Å². The molecule has 2 nitrogen and oxygen atoms in total. The van der Waals surface area contributed by atoms with Crippen molar-refractivity contribution in [1.29, 1.82) is 5.26 Å². The molecule has 0 heterocycles. The lowest BCUT2D eigenvalue weighted by molar-refractivity contribution is 0.209. The molecular formula is C12H12BrNO. The minimum atomic E-state index is 0.298. The zero-order valence-corrected chi connectivity index (χ0v) is 9.96. The van der Waals surface area contributed by atoms with Gasteiger partial charge in [0.1, 0.15) is 11.8 Å². The summed E-state index contributed by atoms with van der Waals surface area (Å²) in [5.41, 5.74) is 0.616. The molecule has 0 aliphatic heterocycles. The van der Waals surface area contributed by atoms with Crippen molar-refractivity contribution >= 4 is 15.9 Å². The van der Waals surface area contributed by atoms with Crippen molar-refractivity contribution in [2.75, 3.05) is 0 Å². The maximum Gasteiger partial charge on any atom is 0.138 e. The minimum Gasteiger partial charge on any atom is -0.489 e. The summed E-state index contributed by atoms with van der Waals surface area (Å²) in [5, 5.41) is 8.94. The van der Waals surface area contributed by atoms with Crippen molar-refractivity contribution in [3.63, 3.8) is 0 Å². The van der Waals surface area contributed by atoms with Crippen LogP contribution in [0.15, 0.2) is 22.7 Å². The summed E-state index contributed by atoms with van der Waals surface area (Å²) in [6.45, 7) is 0. The van der Waals surface area contributed by atoms with Crippen LogP contribution in [-0.4, -0.2) is 6.10 Å². The lowest BCUT2D eigenvalue weighted by Crippen LogP contribution is -2.11. The zero-order chi connectivity index (χ0) is 10.7. The molecule has 0 amide bonds. The largest absolute Gasteiger partial charge is 0.489 e. The van der Waals surface area contributed by atoms with Gasteiger partial charge in [-0.05, 0) is 43.9 Å². The standard InChI is InChI=1S/C12H12BrNO/c13-10-6-5-9(8-14)12(7-10)15-11-3-1-2-4-11/h5-7,11H,1-4H2. The van der Waals surface area contributed by atoms with Gasteiger partial charge in [0.25, 0.3) is 0 Å². The molecule has 1 aliphatic rings. The molecule has 0 saturated heterocycles. The molecule has 0 atom stereocenters. The van der Waals surface area contributed by atoms with Gasteiger partial charge < -0.3 is 4.74 Å². The van der Waals surface area contributed by atoms with Crippen molar-refractivity contribution in [2.24, 2.45) is 0 Å². The molecule has 0 N–H and O–H groups in total. The Labute approximate surface area is 98.0 Å². The molecule has 0 aromatic heterocycles. The third kappa shape index (κ3) is 2.51. The van der Waals surface area contributed by atoms with Crippen molar-refractivity contribution in [2.45, 2.75) is 31.8 Å². The number of hydrogen-bond acceptors (Lipinski definition) is 2. The fourth-order valence-electron chi connectivity index (χ4n) is 1.87. The van der Waals surface area contributed by atoms with Gasteiger partial charge in [-0.15, -0.1) is 0 Å². The first-order valence-electron chi connectivity index (χ1n) is 5.16. The normalized spacial score (nSPS) is 16.3. The van der Waals surface area contributed by atoms with Crippen molar-refractivity contribution in [3.8, 4) is 11.8 Å². The summed E-state index contributed by atoms with van der Waals surface area (Å²) in [5.74, 6) is 0.707. The second-order valence-electron chi connectivity index (χ2n) is 3.78. The van der Waals surface area contributed by atoms with E-state index in [1.807, 2.05) is 12.1 Å². The predicted octanol–water partition coefficient (Wildman–Crippen LogP) is 3.64. The highest BCUT2D eigenvalue weighted by Gasteiger charge is 2.17. The molecule has 15 heavy (non-hydrogen) atoms. The Bertz CT molecular complexity index is 391. The second kappa shape index (κ2) is 4.67. The molecule has 1 saturated carbocycles. The first-order valence-corrected chi connectivity index (χ1v) is 5.95. The third-order valence-electron chi connectivity index (χ3n) is 2.66. The van der Waals surface area contributed by atoms with E-state index in [0.29, 0.717) is 17.4 Å². The van der Waals surface area contributed by atoms with Crippen LogP contribution in [0.4, 0.5) is 0 Å². The smallest absolute Gasteiger partial charge is 0.138 e. The number of halogens is 1. The summed E-state index contributed by atoms with van der Waals surface area (Å²) in [6.07, 6.45) is 4.99. The molecule has 1 aliphatic carbocycles. The van der Waals surface area contributed by atoms with Gasteiger partial charge in [-0.25, -0.2) is 0 Å². The van der Waals surface area contributed by atoms with E-state index in [0.717, 1.165) is 17.3 Å². The van der Waals surface area contributed by atoms with Gasteiger partial charge >= 0.3 is 0 Å². The van der Waals surface area contributed by atoms with E-state index in [9.17, 15) is 0 Å². The van der Waals surface area contributed by atoms with Gasteiger partial charge in [0.05, 0.1) is 11.7 Å². The average Bonchev–Trinajstić information content (AvgIpc) is 2.71. The van der Waals surface area contributed by atoms with Crippen LogP contribution in [0.3, 0.4) is 0 Å². The van der Waals surface area contributed by atoms with E-state index >= 15 is 0 Å². The molecular weight excluding hydrogens is 254 g/mol. The topological polar surface area (TPSA) is 33.0 Å². The lowest BCUT2D eigenvalue weighted by Gasteiger charge is -2.14. The van der Waals surface area contributed by atoms with E-state index in [1.54, 1.807) is 6.07 Å². The number of rotatable bonds is 2. The Morgan fingerprint density at radius 1 is 1.33 bits per heavy atom. The van der Waals surface area contributed by atoms with E-state index in [2.05, 4.69) is 22.0 Å². The summed E-state index contributed by atoms with van der Waals surface area (Å²) in [6, 6.07) is 7.67. The van der Waals surface area contributed by atoms with Gasteiger partial charge in [-0.2, -0.15) is 5.26 Å². The van der Waals surface area contributed by atoms with E-state index in [1.165, 1.54) is 12.8 Å². The Morgan fingerprint density at radius 2 is 2.07 bits per heavy atom. The summed E-state index contributed by atoms with van der Waals surface area (Å²) in [4.78, 5) is 0. The molecule has 3 heteroatoms. The molecule has 0 spiro atoms. The van der Waals surface area contributed by atoms with Crippen LogP contribution in [-0.2, 0) is 0 Å². The Morgan fingerprint density at radius 3 is 2.73 bits per heavy atom. The van der Waals surface area contributed by atoms with E-state index < -0.39 is 0 Å². The number of hydrogen-bond donors (Lipinski definition) is 0. The van der Waals surface area contributed by atoms with Gasteiger partial charge in [0.15, 0.2) is 0 Å². The molecule has 1 aromatic carbocycles. The molecule has 1 aromatic rings. The predicted molar refractivity (Wildman–Crippen MR) is 61.7 cm³/mol. The zero-order valence-electron chi connectivity index (χ0n) is 8.37. The molecule has 0 unspecified atom stereocenters.